The van der Waals surface area contributed by atoms with Crippen molar-refractivity contribution in [2.45, 2.75) is 19.8 Å². The minimum absolute atomic E-state index is 0.122. The lowest BCUT2D eigenvalue weighted by molar-refractivity contribution is 0.102. The van der Waals surface area contributed by atoms with E-state index in [0.29, 0.717) is 11.5 Å². The summed E-state index contributed by atoms with van der Waals surface area (Å²) in [5.74, 6) is 1.17. The van der Waals surface area contributed by atoms with Gasteiger partial charge in [0.15, 0.2) is 0 Å². The third-order valence-electron chi connectivity index (χ3n) is 3.95. The van der Waals surface area contributed by atoms with Gasteiger partial charge < -0.3 is 15.2 Å². The number of aromatic amines is 1. The number of aromatic nitrogens is 2. The number of benzene rings is 2. The van der Waals surface area contributed by atoms with Crippen molar-refractivity contribution in [1.29, 1.82) is 0 Å². The molecule has 3 rings (SSSR count). The Labute approximate surface area is 141 Å². The second-order valence-electron chi connectivity index (χ2n) is 6.40. The number of carbonyl (C=O) groups is 1. The fourth-order valence-electron chi connectivity index (χ4n) is 2.49. The number of fused-ring (bicyclic) bond motifs is 1. The Morgan fingerprint density at radius 2 is 1.83 bits per heavy atom. The van der Waals surface area contributed by atoms with Crippen molar-refractivity contribution >= 4 is 28.3 Å². The summed E-state index contributed by atoms with van der Waals surface area (Å²) < 4.78 is 0. The van der Waals surface area contributed by atoms with Gasteiger partial charge in [0.05, 0.1) is 11.0 Å². The van der Waals surface area contributed by atoms with Gasteiger partial charge in [-0.3, -0.25) is 4.79 Å². The number of H-pyrrole nitrogens is 1. The van der Waals surface area contributed by atoms with Crippen molar-refractivity contribution < 1.29 is 4.79 Å². The van der Waals surface area contributed by atoms with E-state index in [1.54, 1.807) is 0 Å². The Balaban J connectivity index is 1.79. The Morgan fingerprint density at radius 1 is 1.12 bits per heavy atom. The van der Waals surface area contributed by atoms with E-state index < -0.39 is 0 Å². The smallest absolute Gasteiger partial charge is 0.255 e. The molecule has 0 saturated carbocycles. The predicted molar refractivity (Wildman–Crippen MR) is 98.9 cm³/mol. The van der Waals surface area contributed by atoms with E-state index in [-0.39, 0.29) is 5.91 Å². The summed E-state index contributed by atoms with van der Waals surface area (Å²) in [7, 11) is 3.94. The number of amides is 1. The molecule has 5 nitrogen and oxygen atoms in total. The molecule has 0 bridgehead atoms. The summed E-state index contributed by atoms with van der Waals surface area (Å²) in [5, 5.41) is 2.94. The maximum absolute atomic E-state index is 12.4. The van der Waals surface area contributed by atoms with E-state index in [1.807, 2.05) is 61.5 Å². The van der Waals surface area contributed by atoms with Crippen LogP contribution in [0.2, 0.25) is 0 Å². The normalized spacial score (nSPS) is 11.0. The molecule has 3 aromatic rings. The first-order chi connectivity index (χ1) is 11.4. The van der Waals surface area contributed by atoms with Gasteiger partial charge in [0.1, 0.15) is 5.82 Å². The van der Waals surface area contributed by atoms with Crippen LogP contribution in [0, 0.1) is 0 Å². The van der Waals surface area contributed by atoms with Gasteiger partial charge in [0.25, 0.3) is 5.91 Å². The number of hydrogen-bond acceptors (Lipinski definition) is 3. The van der Waals surface area contributed by atoms with Crippen LogP contribution in [0.15, 0.2) is 42.5 Å². The van der Waals surface area contributed by atoms with Gasteiger partial charge in [-0.1, -0.05) is 13.8 Å². The summed E-state index contributed by atoms with van der Waals surface area (Å²) in [6.45, 7) is 4.19. The highest BCUT2D eigenvalue weighted by Crippen LogP contribution is 2.21. The van der Waals surface area contributed by atoms with Gasteiger partial charge in [-0.05, 0) is 42.5 Å². The second-order valence-corrected chi connectivity index (χ2v) is 6.40. The molecule has 24 heavy (non-hydrogen) atoms. The Kier molecular flexibility index (Phi) is 4.25. The maximum atomic E-state index is 12.4. The van der Waals surface area contributed by atoms with Crippen LogP contribution in [0.1, 0.15) is 35.9 Å². The molecule has 0 saturated heterocycles. The fourth-order valence-corrected chi connectivity index (χ4v) is 2.49. The van der Waals surface area contributed by atoms with Gasteiger partial charge in [-0.15, -0.1) is 0 Å². The summed E-state index contributed by atoms with van der Waals surface area (Å²) in [5.41, 5.74) is 4.29. The molecule has 0 fully saturated rings. The first-order valence-electron chi connectivity index (χ1n) is 8.02. The number of anilines is 2. The second kappa shape index (κ2) is 6.35. The zero-order valence-corrected chi connectivity index (χ0v) is 14.4. The molecule has 1 amide bonds. The van der Waals surface area contributed by atoms with E-state index in [2.05, 4.69) is 29.1 Å². The Hall–Kier alpha value is -2.82. The van der Waals surface area contributed by atoms with Crippen molar-refractivity contribution in [2.24, 2.45) is 0 Å². The molecule has 2 N–H and O–H groups in total. The largest absolute Gasteiger partial charge is 0.378 e. The highest BCUT2D eigenvalue weighted by molar-refractivity contribution is 6.05. The van der Waals surface area contributed by atoms with Crippen LogP contribution in [-0.2, 0) is 0 Å². The molecule has 5 heteroatoms. The third-order valence-corrected chi connectivity index (χ3v) is 3.95. The van der Waals surface area contributed by atoms with Gasteiger partial charge >= 0.3 is 0 Å². The zero-order valence-electron chi connectivity index (χ0n) is 14.4. The summed E-state index contributed by atoms with van der Waals surface area (Å²) in [4.78, 5) is 22.2. The van der Waals surface area contributed by atoms with Crippen LogP contribution in [-0.4, -0.2) is 30.0 Å². The quantitative estimate of drug-likeness (QED) is 0.763. The van der Waals surface area contributed by atoms with E-state index in [0.717, 1.165) is 28.2 Å². The molecule has 2 aromatic carbocycles. The van der Waals surface area contributed by atoms with Crippen molar-refractivity contribution in [3.8, 4) is 0 Å². The lowest BCUT2D eigenvalue weighted by Crippen LogP contribution is -2.13. The maximum Gasteiger partial charge on any atom is 0.255 e. The fraction of sp³-hybridized carbons (Fsp3) is 0.263. The third kappa shape index (κ3) is 3.25. The molecule has 0 aliphatic rings. The van der Waals surface area contributed by atoms with Gasteiger partial charge in [0, 0.05) is 37.0 Å². The monoisotopic (exact) mass is 322 g/mol. The lowest BCUT2D eigenvalue weighted by Gasteiger charge is -2.12. The van der Waals surface area contributed by atoms with Crippen LogP contribution >= 0.6 is 0 Å². The SMILES string of the molecule is CC(C)c1nc2ccc(NC(=O)c3ccc(N(C)C)cc3)cc2[nH]1. The number of nitrogens with zero attached hydrogens (tertiary/aromatic N) is 2. The first-order valence-corrected chi connectivity index (χ1v) is 8.02. The van der Waals surface area contributed by atoms with E-state index in [9.17, 15) is 4.79 Å². The molecule has 124 valence electrons. The van der Waals surface area contributed by atoms with Crippen LogP contribution in [0.4, 0.5) is 11.4 Å². The van der Waals surface area contributed by atoms with Crippen LogP contribution < -0.4 is 10.2 Å². The summed E-state index contributed by atoms with van der Waals surface area (Å²) in [6.07, 6.45) is 0. The van der Waals surface area contributed by atoms with Crippen molar-refractivity contribution in [3.05, 3.63) is 53.9 Å². The standard InChI is InChI=1S/C19H22N4O/c1-12(2)18-21-16-10-7-14(11-17(16)22-18)20-19(24)13-5-8-15(9-6-13)23(3)4/h5-12H,1-4H3,(H,20,24)(H,21,22). The zero-order chi connectivity index (χ0) is 17.3. The minimum Gasteiger partial charge on any atom is -0.378 e. The van der Waals surface area contributed by atoms with E-state index in [1.165, 1.54) is 0 Å². The average molecular weight is 322 g/mol. The van der Waals surface area contributed by atoms with Crippen molar-refractivity contribution in [1.82, 2.24) is 9.97 Å². The molecule has 1 aromatic heterocycles. The number of nitrogens with one attached hydrogen (secondary N) is 2. The Bertz CT molecular complexity index is 863. The van der Waals surface area contributed by atoms with Crippen LogP contribution in [0.3, 0.4) is 0 Å². The highest BCUT2D eigenvalue weighted by atomic mass is 16.1. The van der Waals surface area contributed by atoms with Gasteiger partial charge in [-0.2, -0.15) is 0 Å². The van der Waals surface area contributed by atoms with Gasteiger partial charge in [-0.25, -0.2) is 4.98 Å². The molecule has 0 radical (unpaired) electrons. The summed E-state index contributed by atoms with van der Waals surface area (Å²) >= 11 is 0. The van der Waals surface area contributed by atoms with E-state index in [4.69, 9.17) is 0 Å². The molecular weight excluding hydrogens is 300 g/mol. The first kappa shape index (κ1) is 16.1. The lowest BCUT2D eigenvalue weighted by atomic mass is 10.2. The Morgan fingerprint density at radius 3 is 2.46 bits per heavy atom. The van der Waals surface area contributed by atoms with Gasteiger partial charge in [0.2, 0.25) is 0 Å². The molecule has 0 unspecified atom stereocenters. The molecule has 1 heterocycles. The van der Waals surface area contributed by atoms with Crippen molar-refractivity contribution in [3.63, 3.8) is 0 Å². The minimum atomic E-state index is -0.122. The molecule has 0 spiro atoms. The van der Waals surface area contributed by atoms with Crippen LogP contribution in [0.5, 0.6) is 0 Å². The molecular formula is C19H22N4O. The predicted octanol–water partition coefficient (Wildman–Crippen LogP) is 4.00. The average Bonchev–Trinajstić information content (AvgIpc) is 2.98. The molecule has 0 aliphatic carbocycles. The number of carbonyl (C=O) groups excluding carboxylic acids is 1. The molecule has 0 atom stereocenters. The van der Waals surface area contributed by atoms with E-state index >= 15 is 0 Å². The van der Waals surface area contributed by atoms with Crippen molar-refractivity contribution in [2.75, 3.05) is 24.3 Å². The highest BCUT2D eigenvalue weighted by Gasteiger charge is 2.10. The van der Waals surface area contributed by atoms with Crippen LogP contribution in [0.25, 0.3) is 11.0 Å². The topological polar surface area (TPSA) is 61.0 Å². The summed E-state index contributed by atoms with van der Waals surface area (Å²) in [6, 6.07) is 13.2. The number of hydrogen-bond donors (Lipinski definition) is 2. The molecule has 0 aliphatic heterocycles. The number of imidazole rings is 1. The number of rotatable bonds is 4.